The lowest BCUT2D eigenvalue weighted by molar-refractivity contribution is -0.137. The van der Waals surface area contributed by atoms with Gasteiger partial charge in [-0.25, -0.2) is 4.79 Å². The molecular weight excluding hydrogens is 297 g/mol. The second-order valence-electron chi connectivity index (χ2n) is 4.79. The van der Waals surface area contributed by atoms with Crippen LogP contribution >= 0.6 is 0 Å². The number of hydrogen-bond donors (Lipinski definition) is 0. The molecular formula is C15H11F3N2O2. The third-order valence-corrected chi connectivity index (χ3v) is 2.87. The molecule has 0 atom stereocenters. The maximum atomic E-state index is 12.8. The van der Waals surface area contributed by atoms with Crippen molar-refractivity contribution in [3.63, 3.8) is 0 Å². The monoisotopic (exact) mass is 308 g/mol. The number of benzene rings is 1. The van der Waals surface area contributed by atoms with Crippen LogP contribution in [0.3, 0.4) is 0 Å². The number of hydrogen-bond acceptors (Lipinski definition) is 4. The summed E-state index contributed by atoms with van der Waals surface area (Å²) in [6.45, 7) is 0. The van der Waals surface area contributed by atoms with E-state index in [4.69, 9.17) is 10.00 Å². The highest BCUT2D eigenvalue weighted by atomic mass is 19.4. The molecule has 0 fully saturated rings. The Hall–Kier alpha value is -2.75. The molecule has 0 unspecified atom stereocenters. The third kappa shape index (κ3) is 2.96. The fraction of sp³-hybridized carbons (Fsp3) is 0.200. The van der Waals surface area contributed by atoms with E-state index in [0.29, 0.717) is 0 Å². The number of nitrogens with zero attached hydrogens (tertiary/aromatic N) is 2. The highest BCUT2D eigenvalue weighted by molar-refractivity contribution is 6.10. The van der Waals surface area contributed by atoms with Gasteiger partial charge in [0.15, 0.2) is 5.76 Å². The molecule has 0 saturated heterocycles. The molecule has 0 aliphatic carbocycles. The molecule has 1 aromatic carbocycles. The van der Waals surface area contributed by atoms with Crippen molar-refractivity contribution in [2.24, 2.45) is 0 Å². The first-order valence-electron chi connectivity index (χ1n) is 6.17. The van der Waals surface area contributed by atoms with E-state index in [2.05, 4.69) is 0 Å². The summed E-state index contributed by atoms with van der Waals surface area (Å²) >= 11 is 0. The van der Waals surface area contributed by atoms with E-state index in [1.54, 1.807) is 25.1 Å². The number of cyclic esters (lactones) is 1. The van der Waals surface area contributed by atoms with Crippen LogP contribution in [0.4, 0.5) is 13.2 Å². The van der Waals surface area contributed by atoms with E-state index in [9.17, 15) is 18.0 Å². The van der Waals surface area contributed by atoms with Gasteiger partial charge in [-0.1, -0.05) is 12.1 Å². The lowest BCUT2D eigenvalue weighted by Crippen LogP contribution is -2.06. The zero-order chi connectivity index (χ0) is 16.5. The average molecular weight is 308 g/mol. The molecule has 0 bridgehead atoms. The van der Waals surface area contributed by atoms with Crippen LogP contribution in [0.1, 0.15) is 11.1 Å². The smallest absolute Gasteiger partial charge is 0.416 e. The molecule has 22 heavy (non-hydrogen) atoms. The molecule has 1 aliphatic heterocycles. The summed E-state index contributed by atoms with van der Waals surface area (Å²) in [7, 11) is 3.32. The Morgan fingerprint density at radius 3 is 2.55 bits per heavy atom. The third-order valence-electron chi connectivity index (χ3n) is 2.87. The normalized spacial score (nSPS) is 16.7. The summed E-state index contributed by atoms with van der Waals surface area (Å²) < 4.78 is 43.4. The van der Waals surface area contributed by atoms with Crippen LogP contribution in [0.15, 0.2) is 41.8 Å². The van der Waals surface area contributed by atoms with Gasteiger partial charge in [0, 0.05) is 20.3 Å². The summed E-state index contributed by atoms with van der Waals surface area (Å²) in [4.78, 5) is 13.2. The van der Waals surface area contributed by atoms with Crippen LogP contribution in [0, 0.1) is 11.3 Å². The van der Waals surface area contributed by atoms with Crippen LogP contribution in [-0.4, -0.2) is 25.0 Å². The number of allylic oxidation sites excluding steroid dienone is 1. The highest BCUT2D eigenvalue weighted by Gasteiger charge is 2.34. The predicted octanol–water partition coefficient (Wildman–Crippen LogP) is 2.94. The van der Waals surface area contributed by atoms with Crippen molar-refractivity contribution < 1.29 is 22.7 Å². The van der Waals surface area contributed by atoms with E-state index in [0.717, 1.165) is 12.1 Å². The SMILES string of the molecule is CN(C)C=C1OC(=O)C(C#N)=C1c1cccc(C(F)(F)F)c1. The zero-order valence-corrected chi connectivity index (χ0v) is 11.7. The van der Waals surface area contributed by atoms with Gasteiger partial charge >= 0.3 is 12.1 Å². The maximum absolute atomic E-state index is 12.8. The number of alkyl halides is 3. The van der Waals surface area contributed by atoms with Gasteiger partial charge in [-0.15, -0.1) is 0 Å². The van der Waals surface area contributed by atoms with Crippen LogP contribution in [0.2, 0.25) is 0 Å². The molecule has 7 heteroatoms. The lowest BCUT2D eigenvalue weighted by atomic mass is 9.98. The Bertz CT molecular complexity index is 725. The molecule has 0 amide bonds. The predicted molar refractivity (Wildman–Crippen MR) is 71.8 cm³/mol. The number of ether oxygens (including phenoxy) is 1. The van der Waals surface area contributed by atoms with Crippen molar-refractivity contribution in [3.05, 3.63) is 52.9 Å². The maximum Gasteiger partial charge on any atom is 0.416 e. The lowest BCUT2D eigenvalue weighted by Gasteiger charge is -2.11. The number of halogens is 3. The van der Waals surface area contributed by atoms with Gasteiger partial charge in [-0.05, 0) is 17.7 Å². The molecule has 1 heterocycles. The number of carbonyl (C=O) groups excluding carboxylic acids is 1. The van der Waals surface area contributed by atoms with Gasteiger partial charge in [-0.3, -0.25) is 0 Å². The Labute approximate surface area is 124 Å². The van der Waals surface area contributed by atoms with Crippen molar-refractivity contribution in [2.45, 2.75) is 6.18 Å². The fourth-order valence-electron chi connectivity index (χ4n) is 1.99. The summed E-state index contributed by atoms with van der Waals surface area (Å²) in [5.41, 5.74) is -1.01. The molecule has 0 radical (unpaired) electrons. The first kappa shape index (κ1) is 15.6. The van der Waals surface area contributed by atoms with Gasteiger partial charge in [0.25, 0.3) is 0 Å². The fourth-order valence-corrected chi connectivity index (χ4v) is 1.99. The van der Waals surface area contributed by atoms with Crippen molar-refractivity contribution in [2.75, 3.05) is 14.1 Å². The summed E-state index contributed by atoms with van der Waals surface area (Å²) in [6.07, 6.45) is -3.09. The first-order valence-corrected chi connectivity index (χ1v) is 6.17. The van der Waals surface area contributed by atoms with E-state index in [1.807, 2.05) is 0 Å². The molecule has 0 spiro atoms. The van der Waals surface area contributed by atoms with E-state index < -0.39 is 17.7 Å². The molecule has 0 N–H and O–H groups in total. The Morgan fingerprint density at radius 2 is 2.00 bits per heavy atom. The average Bonchev–Trinajstić information content (AvgIpc) is 2.72. The molecule has 114 valence electrons. The molecule has 1 aromatic rings. The van der Waals surface area contributed by atoms with Gasteiger partial charge in [-0.2, -0.15) is 18.4 Å². The minimum atomic E-state index is -4.52. The summed E-state index contributed by atoms with van der Waals surface area (Å²) in [5.74, 6) is -0.825. The Morgan fingerprint density at radius 1 is 1.32 bits per heavy atom. The molecule has 0 saturated carbocycles. The minimum Gasteiger partial charge on any atom is -0.420 e. The van der Waals surface area contributed by atoms with Crippen LogP contribution < -0.4 is 0 Å². The second-order valence-corrected chi connectivity index (χ2v) is 4.79. The van der Waals surface area contributed by atoms with Crippen molar-refractivity contribution >= 4 is 11.5 Å². The topological polar surface area (TPSA) is 53.3 Å². The number of carbonyl (C=O) groups is 1. The van der Waals surface area contributed by atoms with Crippen LogP contribution in [0.5, 0.6) is 0 Å². The van der Waals surface area contributed by atoms with Crippen molar-refractivity contribution in [1.82, 2.24) is 4.90 Å². The summed E-state index contributed by atoms with van der Waals surface area (Å²) in [5, 5.41) is 9.08. The molecule has 1 aliphatic rings. The number of rotatable bonds is 2. The molecule has 4 nitrogen and oxygen atoms in total. The molecule has 2 rings (SSSR count). The Balaban J connectivity index is 2.64. The van der Waals surface area contributed by atoms with Crippen LogP contribution in [-0.2, 0) is 15.7 Å². The summed E-state index contributed by atoms with van der Waals surface area (Å²) in [6, 6.07) is 6.11. The standard InChI is InChI=1S/C15H11F3N2O2/c1-20(2)8-12-13(11(7-19)14(21)22-12)9-4-3-5-10(6-9)15(16,17)18/h3-6,8H,1-2H3. The quantitative estimate of drug-likeness (QED) is 0.788. The van der Waals surface area contributed by atoms with Gasteiger partial charge < -0.3 is 9.64 Å². The first-order chi connectivity index (χ1) is 10.2. The van der Waals surface area contributed by atoms with Gasteiger partial charge in [0.05, 0.1) is 11.1 Å². The number of esters is 1. The van der Waals surface area contributed by atoms with E-state index in [-0.39, 0.29) is 22.5 Å². The number of nitriles is 1. The van der Waals surface area contributed by atoms with Gasteiger partial charge in [0.1, 0.15) is 11.6 Å². The molecule has 0 aromatic heterocycles. The Kier molecular flexibility index (Phi) is 3.95. The highest BCUT2D eigenvalue weighted by Crippen LogP contribution is 2.37. The largest absolute Gasteiger partial charge is 0.420 e. The van der Waals surface area contributed by atoms with E-state index in [1.165, 1.54) is 18.3 Å². The second kappa shape index (κ2) is 5.56. The van der Waals surface area contributed by atoms with Crippen LogP contribution in [0.25, 0.3) is 5.57 Å². The zero-order valence-electron chi connectivity index (χ0n) is 11.7. The van der Waals surface area contributed by atoms with Crippen molar-refractivity contribution in [1.29, 1.82) is 5.26 Å². The van der Waals surface area contributed by atoms with Gasteiger partial charge in [0.2, 0.25) is 0 Å². The minimum absolute atomic E-state index is 0.0471. The van der Waals surface area contributed by atoms with Crippen molar-refractivity contribution in [3.8, 4) is 6.07 Å². The van der Waals surface area contributed by atoms with E-state index >= 15 is 0 Å².